The zero-order valence-corrected chi connectivity index (χ0v) is 9.41. The fourth-order valence-electron chi connectivity index (χ4n) is 1.15. The molecule has 0 aliphatic carbocycles. The number of halogens is 1. The number of aryl methyl sites for hydroxylation is 1. The normalized spacial score (nSPS) is 10.7. The molecular formula is C11H11BrO2. The van der Waals surface area contributed by atoms with Crippen LogP contribution in [-0.4, -0.2) is 16.4 Å². The maximum absolute atomic E-state index is 10.8. The number of rotatable bonds is 3. The summed E-state index contributed by atoms with van der Waals surface area (Å²) in [6.45, 7) is 1.79. The second-order valence-corrected chi connectivity index (χ2v) is 3.58. The van der Waals surface area contributed by atoms with E-state index in [1.807, 2.05) is 24.3 Å². The molecule has 1 aromatic carbocycles. The molecule has 0 aliphatic heterocycles. The van der Waals surface area contributed by atoms with E-state index in [-0.39, 0.29) is 0 Å². The number of hydrogen-bond donors (Lipinski definition) is 1. The molecule has 0 radical (unpaired) electrons. The monoisotopic (exact) mass is 254 g/mol. The highest BCUT2D eigenvalue weighted by molar-refractivity contribution is 9.09. The quantitative estimate of drug-likeness (QED) is 0.842. The summed E-state index contributed by atoms with van der Waals surface area (Å²) in [6.07, 6.45) is 3.82. The van der Waals surface area contributed by atoms with E-state index in [2.05, 4.69) is 15.9 Å². The molecule has 0 fully saturated rings. The van der Waals surface area contributed by atoms with Gasteiger partial charge in [0, 0.05) is 5.33 Å². The van der Waals surface area contributed by atoms with E-state index in [0.717, 1.165) is 16.5 Å². The third-order valence-electron chi connectivity index (χ3n) is 1.89. The molecule has 74 valence electrons. The van der Waals surface area contributed by atoms with Crippen LogP contribution in [0.1, 0.15) is 21.5 Å². The zero-order valence-electron chi connectivity index (χ0n) is 7.83. The minimum atomic E-state index is -0.878. The Bertz CT molecular complexity index is 370. The highest BCUT2D eigenvalue weighted by Crippen LogP contribution is 2.12. The van der Waals surface area contributed by atoms with Crippen LogP contribution in [0, 0.1) is 6.92 Å². The predicted molar refractivity (Wildman–Crippen MR) is 61.0 cm³/mol. The fraction of sp³-hybridized carbons (Fsp3) is 0.182. The Morgan fingerprint density at radius 1 is 1.57 bits per heavy atom. The summed E-state index contributed by atoms with van der Waals surface area (Å²) in [7, 11) is 0. The number of carboxylic acid groups (broad SMARTS) is 1. The van der Waals surface area contributed by atoms with E-state index in [0.29, 0.717) is 5.56 Å². The Labute approximate surface area is 91.4 Å². The zero-order chi connectivity index (χ0) is 10.6. The van der Waals surface area contributed by atoms with Gasteiger partial charge in [-0.1, -0.05) is 40.2 Å². The molecule has 0 heterocycles. The Hall–Kier alpha value is -1.09. The third-order valence-corrected chi connectivity index (χ3v) is 2.27. The number of hydrogen-bond acceptors (Lipinski definition) is 1. The highest BCUT2D eigenvalue weighted by atomic mass is 79.9. The summed E-state index contributed by atoms with van der Waals surface area (Å²) in [6, 6.07) is 5.40. The van der Waals surface area contributed by atoms with E-state index in [1.165, 1.54) is 0 Å². The van der Waals surface area contributed by atoms with Crippen LogP contribution >= 0.6 is 15.9 Å². The van der Waals surface area contributed by atoms with E-state index >= 15 is 0 Å². The molecule has 0 unspecified atom stereocenters. The smallest absolute Gasteiger partial charge is 0.335 e. The number of benzene rings is 1. The van der Waals surface area contributed by atoms with Gasteiger partial charge in [0.15, 0.2) is 0 Å². The topological polar surface area (TPSA) is 37.3 Å². The largest absolute Gasteiger partial charge is 0.478 e. The van der Waals surface area contributed by atoms with Crippen molar-refractivity contribution in [3.63, 3.8) is 0 Å². The molecule has 0 spiro atoms. The van der Waals surface area contributed by atoms with Gasteiger partial charge in [-0.25, -0.2) is 4.79 Å². The Morgan fingerprint density at radius 2 is 2.29 bits per heavy atom. The number of carboxylic acids is 1. The first-order valence-corrected chi connectivity index (χ1v) is 5.33. The van der Waals surface area contributed by atoms with Crippen molar-refractivity contribution >= 4 is 28.0 Å². The van der Waals surface area contributed by atoms with Crippen molar-refractivity contribution in [3.8, 4) is 0 Å². The lowest BCUT2D eigenvalue weighted by Gasteiger charge is -2.01. The minimum absolute atomic E-state index is 0.363. The molecular weight excluding hydrogens is 244 g/mol. The molecule has 0 saturated heterocycles. The van der Waals surface area contributed by atoms with Gasteiger partial charge in [-0.2, -0.15) is 0 Å². The number of aromatic carboxylic acids is 1. The first kappa shape index (κ1) is 11.0. The summed E-state index contributed by atoms with van der Waals surface area (Å²) in [5, 5.41) is 9.65. The van der Waals surface area contributed by atoms with Gasteiger partial charge in [-0.05, 0) is 24.1 Å². The molecule has 1 rings (SSSR count). The van der Waals surface area contributed by atoms with Crippen LogP contribution in [0.5, 0.6) is 0 Å². The Morgan fingerprint density at radius 3 is 2.86 bits per heavy atom. The van der Waals surface area contributed by atoms with Crippen molar-refractivity contribution in [2.45, 2.75) is 6.92 Å². The van der Waals surface area contributed by atoms with Crippen molar-refractivity contribution in [1.82, 2.24) is 0 Å². The standard InChI is InChI=1S/C11H11BrO2/c1-8-4-5-9(3-2-6-12)7-10(8)11(13)14/h2-5,7H,6H2,1H3,(H,13,14). The lowest BCUT2D eigenvalue weighted by molar-refractivity contribution is 0.0696. The van der Waals surface area contributed by atoms with Crippen LogP contribution in [0.2, 0.25) is 0 Å². The summed E-state index contributed by atoms with van der Waals surface area (Å²) >= 11 is 3.27. The number of alkyl halides is 1. The maximum Gasteiger partial charge on any atom is 0.335 e. The molecule has 2 nitrogen and oxygen atoms in total. The predicted octanol–water partition coefficient (Wildman–Crippen LogP) is 3.10. The molecule has 0 amide bonds. The van der Waals surface area contributed by atoms with Crippen LogP contribution in [0.25, 0.3) is 6.08 Å². The van der Waals surface area contributed by atoms with Crippen LogP contribution < -0.4 is 0 Å². The van der Waals surface area contributed by atoms with Gasteiger partial charge < -0.3 is 5.11 Å². The highest BCUT2D eigenvalue weighted by Gasteiger charge is 2.06. The molecule has 0 aliphatic rings. The lowest BCUT2D eigenvalue weighted by atomic mass is 10.1. The van der Waals surface area contributed by atoms with E-state index in [4.69, 9.17) is 5.11 Å². The van der Waals surface area contributed by atoms with Crippen molar-refractivity contribution < 1.29 is 9.90 Å². The summed E-state index contributed by atoms with van der Waals surface area (Å²) < 4.78 is 0. The van der Waals surface area contributed by atoms with Crippen LogP contribution in [0.4, 0.5) is 0 Å². The summed E-state index contributed by atoms with van der Waals surface area (Å²) in [5.74, 6) is -0.878. The Balaban J connectivity index is 3.06. The molecule has 0 bridgehead atoms. The van der Waals surface area contributed by atoms with E-state index < -0.39 is 5.97 Å². The van der Waals surface area contributed by atoms with Crippen LogP contribution in [-0.2, 0) is 0 Å². The number of carbonyl (C=O) groups is 1. The fourth-order valence-corrected chi connectivity index (χ4v) is 1.34. The van der Waals surface area contributed by atoms with Gasteiger partial charge >= 0.3 is 5.97 Å². The second-order valence-electron chi connectivity index (χ2n) is 2.94. The van der Waals surface area contributed by atoms with Crippen molar-refractivity contribution in [2.24, 2.45) is 0 Å². The summed E-state index contributed by atoms with van der Waals surface area (Å²) in [4.78, 5) is 10.8. The molecule has 0 aromatic heterocycles. The molecule has 3 heteroatoms. The summed E-state index contributed by atoms with van der Waals surface area (Å²) in [5.41, 5.74) is 2.06. The van der Waals surface area contributed by atoms with Gasteiger partial charge in [-0.3, -0.25) is 0 Å². The van der Waals surface area contributed by atoms with Crippen molar-refractivity contribution in [1.29, 1.82) is 0 Å². The molecule has 0 atom stereocenters. The van der Waals surface area contributed by atoms with Gasteiger partial charge in [0.25, 0.3) is 0 Å². The third kappa shape index (κ3) is 2.70. The van der Waals surface area contributed by atoms with E-state index in [1.54, 1.807) is 13.0 Å². The van der Waals surface area contributed by atoms with Crippen molar-refractivity contribution in [2.75, 3.05) is 5.33 Å². The van der Waals surface area contributed by atoms with Crippen LogP contribution in [0.15, 0.2) is 24.3 Å². The molecule has 1 aromatic rings. The average Bonchev–Trinajstić information content (AvgIpc) is 2.16. The molecule has 0 saturated carbocycles. The first-order valence-electron chi connectivity index (χ1n) is 4.21. The SMILES string of the molecule is Cc1ccc(C=CCBr)cc1C(=O)O. The average molecular weight is 255 g/mol. The number of allylic oxidation sites excluding steroid dienone is 1. The van der Waals surface area contributed by atoms with Crippen LogP contribution in [0.3, 0.4) is 0 Å². The van der Waals surface area contributed by atoms with Gasteiger partial charge in [0.2, 0.25) is 0 Å². The Kier molecular flexibility index (Phi) is 3.89. The first-order chi connectivity index (χ1) is 6.65. The lowest BCUT2D eigenvalue weighted by Crippen LogP contribution is -1.99. The van der Waals surface area contributed by atoms with Crippen molar-refractivity contribution in [3.05, 3.63) is 41.0 Å². The van der Waals surface area contributed by atoms with Gasteiger partial charge in [0.1, 0.15) is 0 Å². The second kappa shape index (κ2) is 4.96. The molecule has 14 heavy (non-hydrogen) atoms. The van der Waals surface area contributed by atoms with Gasteiger partial charge in [-0.15, -0.1) is 0 Å². The minimum Gasteiger partial charge on any atom is -0.478 e. The maximum atomic E-state index is 10.8. The molecule has 1 N–H and O–H groups in total. The van der Waals surface area contributed by atoms with E-state index in [9.17, 15) is 4.79 Å². The van der Waals surface area contributed by atoms with Gasteiger partial charge in [0.05, 0.1) is 5.56 Å².